The van der Waals surface area contributed by atoms with Gasteiger partial charge in [0, 0.05) is 50.4 Å². The lowest BCUT2D eigenvalue weighted by Gasteiger charge is -2.25. The molecule has 2 amide bonds. The minimum atomic E-state index is -0.417. The highest BCUT2D eigenvalue weighted by atomic mass is 16.5. The molecule has 4 N–H and O–H groups in total. The van der Waals surface area contributed by atoms with E-state index < -0.39 is 11.9 Å². The van der Waals surface area contributed by atoms with E-state index in [4.69, 9.17) is 39.9 Å². The Morgan fingerprint density at radius 3 is 1.41 bits per heavy atom. The zero-order valence-electron chi connectivity index (χ0n) is 29.8. The van der Waals surface area contributed by atoms with Gasteiger partial charge in [-0.1, -0.05) is 24.3 Å². The minimum absolute atomic E-state index is 0.0792. The Morgan fingerprint density at radius 2 is 1.06 bits per heavy atom. The molecule has 14 nitrogen and oxygen atoms in total. The molecule has 0 radical (unpaired) electrons. The normalized spacial score (nSPS) is 16.9. The largest absolute Gasteiger partial charge is 0.493 e. The summed E-state index contributed by atoms with van der Waals surface area (Å²) in [6.07, 6.45) is 3.24. The Morgan fingerprint density at radius 1 is 0.667 bits per heavy atom. The number of nitrogen functional groups attached to an aromatic ring is 2. The van der Waals surface area contributed by atoms with E-state index in [2.05, 4.69) is 13.2 Å². The molecule has 0 aromatic heterocycles. The van der Waals surface area contributed by atoms with Gasteiger partial charge in [-0.15, -0.1) is 0 Å². The van der Waals surface area contributed by atoms with E-state index >= 15 is 0 Å². The first-order valence-electron chi connectivity index (χ1n) is 16.7. The number of carbonyl (C=O) groups excluding carboxylic acids is 4. The van der Waals surface area contributed by atoms with Gasteiger partial charge in [0.1, 0.15) is 13.2 Å². The number of rotatable bonds is 16. The summed E-state index contributed by atoms with van der Waals surface area (Å²) in [5, 5.41) is 0. The zero-order chi connectivity index (χ0) is 37.2. The summed E-state index contributed by atoms with van der Waals surface area (Å²) in [7, 11) is 2.97. The average molecular weight is 709 g/mol. The van der Waals surface area contributed by atoms with Crippen molar-refractivity contribution < 1.29 is 47.6 Å². The van der Waals surface area contributed by atoms with Crippen molar-refractivity contribution in [3.8, 4) is 23.0 Å². The van der Waals surface area contributed by atoms with Gasteiger partial charge in [-0.05, 0) is 44.2 Å². The molecule has 0 bridgehead atoms. The number of amides is 2. The highest BCUT2D eigenvalue weighted by Crippen LogP contribution is 2.36. The Bertz CT molecular complexity index is 1540. The molecule has 51 heavy (non-hydrogen) atoms. The van der Waals surface area contributed by atoms with Crippen LogP contribution in [-0.2, 0) is 19.1 Å². The number of anilines is 2. The average Bonchev–Trinajstić information content (AvgIpc) is 3.66. The van der Waals surface area contributed by atoms with Crippen molar-refractivity contribution in [2.75, 3.05) is 65.2 Å². The van der Waals surface area contributed by atoms with Crippen LogP contribution in [0.5, 0.6) is 23.0 Å². The van der Waals surface area contributed by atoms with Crippen molar-refractivity contribution in [2.45, 2.75) is 58.0 Å². The number of ether oxygens (including phenoxy) is 6. The van der Waals surface area contributed by atoms with Crippen LogP contribution in [0.1, 0.15) is 66.7 Å². The first-order valence-corrected chi connectivity index (χ1v) is 16.7. The number of likely N-dealkylation sites (tertiary alicyclic amines) is 2. The molecule has 0 spiro atoms. The van der Waals surface area contributed by atoms with E-state index in [9.17, 15) is 19.2 Å². The van der Waals surface area contributed by atoms with Crippen LogP contribution in [0.4, 0.5) is 11.4 Å². The number of methoxy groups -OCH3 is 2. The summed E-state index contributed by atoms with van der Waals surface area (Å²) >= 11 is 0. The Labute approximate surface area is 298 Å². The quantitative estimate of drug-likeness (QED) is 0.110. The maximum Gasteiger partial charge on any atom is 0.302 e. The van der Waals surface area contributed by atoms with Gasteiger partial charge in [-0.25, -0.2) is 0 Å². The second kappa shape index (κ2) is 17.5. The fourth-order valence-electron chi connectivity index (χ4n) is 6.08. The van der Waals surface area contributed by atoms with E-state index in [1.165, 1.54) is 28.1 Å². The van der Waals surface area contributed by atoms with Crippen LogP contribution in [0.3, 0.4) is 0 Å². The van der Waals surface area contributed by atoms with E-state index in [-0.39, 0.29) is 59.6 Å². The topological polar surface area (TPSA) is 182 Å². The summed E-state index contributed by atoms with van der Waals surface area (Å²) in [6, 6.07) is 5.63. The number of unbranched alkanes of at least 4 members (excludes halogenated alkanes) is 2. The van der Waals surface area contributed by atoms with Crippen LogP contribution in [0.25, 0.3) is 0 Å². The summed E-state index contributed by atoms with van der Waals surface area (Å²) in [6.45, 7) is 12.2. The van der Waals surface area contributed by atoms with E-state index in [1.54, 1.807) is 34.1 Å². The molecule has 2 atom stereocenters. The highest BCUT2D eigenvalue weighted by molar-refractivity contribution is 6.01. The molecular formula is C37H48N4O10. The Balaban J connectivity index is 1.28. The SMILES string of the molecule is C=C1CC(COC(C)=O)N(C(=O)c2cc(OC)c(OCCCCCOc3cc(N)c(C(=O)N4CC(=C)CC4COC(C)=O)cc3OC)cc2N)C1. The van der Waals surface area contributed by atoms with Crippen molar-refractivity contribution >= 4 is 35.1 Å². The fourth-order valence-corrected chi connectivity index (χ4v) is 6.08. The summed E-state index contributed by atoms with van der Waals surface area (Å²) in [5.41, 5.74) is 15.3. The molecule has 2 fully saturated rings. The zero-order valence-corrected chi connectivity index (χ0v) is 29.8. The number of nitrogens with two attached hydrogens (primary N) is 2. The van der Waals surface area contributed by atoms with Crippen molar-refractivity contribution in [3.05, 3.63) is 59.7 Å². The van der Waals surface area contributed by atoms with Crippen LogP contribution in [-0.4, -0.2) is 99.4 Å². The van der Waals surface area contributed by atoms with E-state index in [0.29, 0.717) is 75.0 Å². The van der Waals surface area contributed by atoms with E-state index in [1.807, 2.05) is 0 Å². The monoisotopic (exact) mass is 708 g/mol. The first kappa shape index (κ1) is 38.4. The molecule has 14 heteroatoms. The molecule has 2 aliphatic rings. The molecule has 2 aromatic carbocycles. The Kier molecular flexibility index (Phi) is 13.2. The van der Waals surface area contributed by atoms with Crippen molar-refractivity contribution in [3.63, 3.8) is 0 Å². The third-order valence-electron chi connectivity index (χ3n) is 8.63. The maximum absolute atomic E-state index is 13.4. The predicted molar refractivity (Wildman–Crippen MR) is 190 cm³/mol. The predicted octanol–water partition coefficient (Wildman–Crippen LogP) is 4.16. The van der Waals surface area contributed by atoms with Gasteiger partial charge in [0.05, 0.1) is 50.6 Å². The first-order chi connectivity index (χ1) is 24.3. The van der Waals surface area contributed by atoms with Gasteiger partial charge in [0.15, 0.2) is 23.0 Å². The third kappa shape index (κ3) is 9.86. The molecular weight excluding hydrogens is 660 g/mol. The molecule has 0 saturated carbocycles. The lowest BCUT2D eigenvalue weighted by molar-refractivity contribution is -0.143. The number of hydrogen-bond donors (Lipinski definition) is 2. The van der Waals surface area contributed by atoms with Crippen LogP contribution in [0, 0.1) is 0 Å². The minimum Gasteiger partial charge on any atom is -0.493 e. The lowest BCUT2D eigenvalue weighted by atomic mass is 10.1. The van der Waals surface area contributed by atoms with Crippen molar-refractivity contribution in [1.82, 2.24) is 9.80 Å². The summed E-state index contributed by atoms with van der Waals surface area (Å²) in [5.74, 6) is 0.107. The molecule has 0 aliphatic carbocycles. The number of nitrogens with zero attached hydrogens (tertiary/aromatic N) is 2. The van der Waals surface area contributed by atoms with Gasteiger partial charge in [-0.2, -0.15) is 0 Å². The third-order valence-corrected chi connectivity index (χ3v) is 8.63. The standard InChI is InChI=1S/C37H48N4O10/c1-22-12-26(20-50-24(3)42)40(18-22)36(44)28-14-32(46-5)34(16-30(28)38)48-10-8-7-9-11-49-35-17-31(39)29(15-33(35)47-6)37(45)41-19-23(2)13-27(41)21-51-25(4)43/h14-17,26-27H,1-2,7-13,18-21,38-39H2,3-6H3. The molecule has 2 aliphatic heterocycles. The molecule has 276 valence electrons. The van der Waals surface area contributed by atoms with Gasteiger partial charge in [-0.3, -0.25) is 19.2 Å². The van der Waals surface area contributed by atoms with Crippen molar-refractivity contribution in [2.24, 2.45) is 0 Å². The Hall–Kier alpha value is -5.40. The van der Waals surface area contributed by atoms with Gasteiger partial charge in [0.2, 0.25) is 0 Å². The smallest absolute Gasteiger partial charge is 0.302 e. The van der Waals surface area contributed by atoms with Gasteiger partial charge < -0.3 is 49.7 Å². The molecule has 4 rings (SSSR count). The fraction of sp³-hybridized carbons (Fsp3) is 0.459. The van der Waals surface area contributed by atoms with Crippen LogP contribution in [0.2, 0.25) is 0 Å². The van der Waals surface area contributed by atoms with E-state index in [0.717, 1.165) is 17.6 Å². The summed E-state index contributed by atoms with van der Waals surface area (Å²) in [4.78, 5) is 52.7. The van der Waals surface area contributed by atoms with Gasteiger partial charge in [0.25, 0.3) is 11.8 Å². The molecule has 2 aromatic rings. The van der Waals surface area contributed by atoms with Crippen LogP contribution >= 0.6 is 0 Å². The number of benzene rings is 2. The summed E-state index contributed by atoms with van der Waals surface area (Å²) < 4.78 is 33.3. The van der Waals surface area contributed by atoms with Crippen molar-refractivity contribution in [1.29, 1.82) is 0 Å². The maximum atomic E-state index is 13.4. The second-order valence-electron chi connectivity index (χ2n) is 12.6. The van der Waals surface area contributed by atoms with Gasteiger partial charge >= 0.3 is 11.9 Å². The molecule has 2 unspecified atom stereocenters. The second-order valence-corrected chi connectivity index (χ2v) is 12.6. The lowest BCUT2D eigenvalue weighted by Crippen LogP contribution is -2.39. The number of carbonyl (C=O) groups is 4. The highest BCUT2D eigenvalue weighted by Gasteiger charge is 2.35. The molecule has 2 heterocycles. The molecule has 2 saturated heterocycles. The van der Waals surface area contributed by atoms with Crippen LogP contribution < -0.4 is 30.4 Å². The number of esters is 2. The number of hydrogen-bond acceptors (Lipinski definition) is 12. The van der Waals surface area contributed by atoms with Crippen LogP contribution in [0.15, 0.2) is 48.6 Å².